The molecule has 0 bridgehead atoms. The van der Waals surface area contributed by atoms with E-state index in [0.29, 0.717) is 19.2 Å². The van der Waals surface area contributed by atoms with Crippen molar-refractivity contribution >= 4 is 0 Å². The standard InChI is InChI=1S/C15H26N2O/c1-5-12(3)17(4)15(11-16)13-8-7-9-14(10-13)18-6-2/h7-10,12,15H,5-6,11,16H2,1-4H3. The Morgan fingerprint density at radius 2 is 2.06 bits per heavy atom. The second-order valence-corrected chi connectivity index (χ2v) is 4.68. The maximum atomic E-state index is 5.94. The highest BCUT2D eigenvalue weighted by Crippen LogP contribution is 2.24. The van der Waals surface area contributed by atoms with Crippen LogP contribution in [-0.2, 0) is 0 Å². The van der Waals surface area contributed by atoms with E-state index in [1.807, 2.05) is 19.1 Å². The van der Waals surface area contributed by atoms with Crippen LogP contribution in [0.2, 0.25) is 0 Å². The summed E-state index contributed by atoms with van der Waals surface area (Å²) in [4.78, 5) is 2.34. The lowest BCUT2D eigenvalue weighted by Gasteiger charge is -2.32. The first-order valence-corrected chi connectivity index (χ1v) is 6.78. The van der Waals surface area contributed by atoms with Gasteiger partial charge in [-0.15, -0.1) is 0 Å². The van der Waals surface area contributed by atoms with Crippen LogP contribution < -0.4 is 10.5 Å². The van der Waals surface area contributed by atoms with Gasteiger partial charge in [-0.2, -0.15) is 0 Å². The van der Waals surface area contributed by atoms with Crippen LogP contribution in [0.15, 0.2) is 24.3 Å². The fourth-order valence-electron chi connectivity index (χ4n) is 2.11. The number of hydrogen-bond donors (Lipinski definition) is 1. The van der Waals surface area contributed by atoms with E-state index in [1.54, 1.807) is 0 Å². The first-order chi connectivity index (χ1) is 8.63. The third kappa shape index (κ3) is 3.72. The molecule has 0 heterocycles. The first kappa shape index (κ1) is 15.0. The second-order valence-electron chi connectivity index (χ2n) is 4.68. The van der Waals surface area contributed by atoms with E-state index < -0.39 is 0 Å². The molecule has 3 heteroatoms. The van der Waals surface area contributed by atoms with Crippen molar-refractivity contribution in [2.24, 2.45) is 5.73 Å². The lowest BCUT2D eigenvalue weighted by Crippen LogP contribution is -2.36. The fourth-order valence-corrected chi connectivity index (χ4v) is 2.11. The Balaban J connectivity index is 2.90. The number of rotatable bonds is 7. The van der Waals surface area contributed by atoms with Gasteiger partial charge in [0.05, 0.1) is 6.61 Å². The zero-order valence-corrected chi connectivity index (χ0v) is 12.0. The van der Waals surface area contributed by atoms with E-state index in [0.717, 1.165) is 12.2 Å². The molecule has 1 aromatic rings. The minimum absolute atomic E-state index is 0.250. The lowest BCUT2D eigenvalue weighted by atomic mass is 10.0. The lowest BCUT2D eigenvalue weighted by molar-refractivity contribution is 0.184. The van der Waals surface area contributed by atoms with Crippen LogP contribution in [0.4, 0.5) is 0 Å². The summed E-state index contributed by atoms with van der Waals surface area (Å²) in [7, 11) is 2.14. The predicted molar refractivity (Wildman–Crippen MR) is 76.9 cm³/mol. The molecule has 102 valence electrons. The molecule has 0 radical (unpaired) electrons. The Morgan fingerprint density at radius 1 is 1.33 bits per heavy atom. The summed E-state index contributed by atoms with van der Waals surface area (Å²) in [6, 6.07) is 9.02. The van der Waals surface area contributed by atoms with Gasteiger partial charge in [0.2, 0.25) is 0 Å². The molecule has 2 N–H and O–H groups in total. The number of likely N-dealkylation sites (N-methyl/N-ethyl adjacent to an activating group) is 1. The Kier molecular flexibility index (Phi) is 6.16. The molecule has 0 aliphatic rings. The minimum Gasteiger partial charge on any atom is -0.494 e. The van der Waals surface area contributed by atoms with Gasteiger partial charge in [-0.05, 0) is 45.0 Å². The van der Waals surface area contributed by atoms with Gasteiger partial charge in [-0.1, -0.05) is 19.1 Å². The van der Waals surface area contributed by atoms with Crippen LogP contribution in [0.3, 0.4) is 0 Å². The molecular weight excluding hydrogens is 224 g/mol. The molecule has 0 aliphatic carbocycles. The topological polar surface area (TPSA) is 38.5 Å². The monoisotopic (exact) mass is 250 g/mol. The summed E-state index contributed by atoms with van der Waals surface area (Å²) >= 11 is 0. The highest BCUT2D eigenvalue weighted by Gasteiger charge is 2.19. The summed E-state index contributed by atoms with van der Waals surface area (Å²) < 4.78 is 5.55. The molecule has 2 unspecified atom stereocenters. The molecule has 0 fully saturated rings. The Morgan fingerprint density at radius 3 is 2.61 bits per heavy atom. The van der Waals surface area contributed by atoms with Gasteiger partial charge in [-0.25, -0.2) is 0 Å². The SMILES string of the molecule is CCOc1cccc(C(CN)N(C)C(C)CC)c1. The maximum absolute atomic E-state index is 5.94. The molecule has 18 heavy (non-hydrogen) atoms. The van der Waals surface area contributed by atoms with Gasteiger partial charge in [0.1, 0.15) is 5.75 Å². The Hall–Kier alpha value is -1.06. The van der Waals surface area contributed by atoms with Crippen molar-refractivity contribution in [1.82, 2.24) is 4.90 Å². The summed E-state index contributed by atoms with van der Waals surface area (Å²) in [6.45, 7) is 7.74. The van der Waals surface area contributed by atoms with E-state index >= 15 is 0 Å². The number of nitrogens with two attached hydrogens (primary N) is 1. The van der Waals surface area contributed by atoms with E-state index in [4.69, 9.17) is 10.5 Å². The third-order valence-corrected chi connectivity index (χ3v) is 3.55. The average Bonchev–Trinajstić information content (AvgIpc) is 2.39. The zero-order valence-electron chi connectivity index (χ0n) is 12.0. The van der Waals surface area contributed by atoms with Crippen molar-refractivity contribution in [1.29, 1.82) is 0 Å². The third-order valence-electron chi connectivity index (χ3n) is 3.55. The van der Waals surface area contributed by atoms with Crippen LogP contribution in [0.25, 0.3) is 0 Å². The molecule has 0 amide bonds. The second kappa shape index (κ2) is 7.39. The van der Waals surface area contributed by atoms with Crippen molar-refractivity contribution < 1.29 is 4.74 Å². The van der Waals surface area contributed by atoms with Crippen molar-refractivity contribution in [3.05, 3.63) is 29.8 Å². The smallest absolute Gasteiger partial charge is 0.119 e. The van der Waals surface area contributed by atoms with Crippen LogP contribution in [0.1, 0.15) is 38.8 Å². The molecule has 0 saturated heterocycles. The maximum Gasteiger partial charge on any atom is 0.119 e. The van der Waals surface area contributed by atoms with Crippen molar-refractivity contribution in [3.63, 3.8) is 0 Å². The molecule has 1 aromatic carbocycles. The summed E-state index contributed by atoms with van der Waals surface area (Å²) in [6.07, 6.45) is 1.12. The quantitative estimate of drug-likeness (QED) is 0.808. The number of benzene rings is 1. The Bertz CT molecular complexity index is 354. The molecule has 0 saturated carbocycles. The van der Waals surface area contributed by atoms with Gasteiger partial charge >= 0.3 is 0 Å². The van der Waals surface area contributed by atoms with Gasteiger partial charge < -0.3 is 10.5 Å². The molecule has 3 nitrogen and oxygen atoms in total. The first-order valence-electron chi connectivity index (χ1n) is 6.78. The predicted octanol–water partition coefficient (Wildman–Crippen LogP) is 2.82. The van der Waals surface area contributed by atoms with Crippen LogP contribution in [0, 0.1) is 0 Å². The normalized spacial score (nSPS) is 14.6. The summed E-state index contributed by atoms with van der Waals surface area (Å²) in [5.41, 5.74) is 7.17. The minimum atomic E-state index is 0.250. The largest absolute Gasteiger partial charge is 0.494 e. The molecule has 1 rings (SSSR count). The number of hydrogen-bond acceptors (Lipinski definition) is 3. The molecular formula is C15H26N2O. The van der Waals surface area contributed by atoms with Gasteiger partial charge in [-0.3, -0.25) is 4.90 Å². The molecule has 0 aliphatic heterocycles. The number of ether oxygens (including phenoxy) is 1. The summed E-state index contributed by atoms with van der Waals surface area (Å²) in [5.74, 6) is 0.922. The van der Waals surface area contributed by atoms with Gasteiger partial charge in [0.25, 0.3) is 0 Å². The Labute approximate surface area is 111 Å². The molecule has 2 atom stereocenters. The van der Waals surface area contributed by atoms with E-state index in [1.165, 1.54) is 5.56 Å². The van der Waals surface area contributed by atoms with Gasteiger partial charge in [0, 0.05) is 18.6 Å². The van der Waals surface area contributed by atoms with Crippen molar-refractivity contribution in [2.75, 3.05) is 20.2 Å². The zero-order chi connectivity index (χ0) is 13.5. The van der Waals surface area contributed by atoms with Crippen LogP contribution in [0.5, 0.6) is 5.75 Å². The fraction of sp³-hybridized carbons (Fsp3) is 0.600. The molecule has 0 spiro atoms. The average molecular weight is 250 g/mol. The van der Waals surface area contributed by atoms with Crippen LogP contribution >= 0.6 is 0 Å². The highest BCUT2D eigenvalue weighted by atomic mass is 16.5. The van der Waals surface area contributed by atoms with Gasteiger partial charge in [0.15, 0.2) is 0 Å². The van der Waals surface area contributed by atoms with E-state index in [2.05, 4.69) is 37.9 Å². The summed E-state index contributed by atoms with van der Waals surface area (Å²) in [5, 5.41) is 0. The van der Waals surface area contributed by atoms with Crippen LogP contribution in [-0.4, -0.2) is 31.1 Å². The van der Waals surface area contributed by atoms with Crippen molar-refractivity contribution in [2.45, 2.75) is 39.3 Å². The number of nitrogens with zero attached hydrogens (tertiary/aromatic N) is 1. The van der Waals surface area contributed by atoms with Crippen molar-refractivity contribution in [3.8, 4) is 5.75 Å². The van der Waals surface area contributed by atoms with E-state index in [9.17, 15) is 0 Å². The van der Waals surface area contributed by atoms with E-state index in [-0.39, 0.29) is 6.04 Å². The highest BCUT2D eigenvalue weighted by molar-refractivity contribution is 5.31. The molecule has 0 aromatic heterocycles.